The zero-order valence-corrected chi connectivity index (χ0v) is 12.6. The van der Waals surface area contributed by atoms with Crippen LogP contribution in [0.3, 0.4) is 0 Å². The molecule has 1 fully saturated rings. The first-order chi connectivity index (χ1) is 10.8. The van der Waals surface area contributed by atoms with Crippen LogP contribution in [0.2, 0.25) is 0 Å². The lowest BCUT2D eigenvalue weighted by atomic mass is 10.2. The van der Waals surface area contributed by atoms with Gasteiger partial charge in [0.2, 0.25) is 5.91 Å². The Labute approximate surface area is 130 Å². The minimum atomic E-state index is 0.233. The molecule has 1 N–H and O–H groups in total. The van der Waals surface area contributed by atoms with E-state index in [4.69, 9.17) is 4.42 Å². The number of hydrogen-bond donors (Lipinski definition) is 1. The van der Waals surface area contributed by atoms with Gasteiger partial charge in [0.05, 0.1) is 6.20 Å². The van der Waals surface area contributed by atoms with Gasteiger partial charge in [-0.15, -0.1) is 0 Å². The highest BCUT2D eigenvalue weighted by Crippen LogP contribution is 2.20. The molecule has 1 aliphatic rings. The van der Waals surface area contributed by atoms with Crippen LogP contribution < -0.4 is 5.32 Å². The molecule has 0 saturated carbocycles. The molecule has 0 bridgehead atoms. The Kier molecular flexibility index (Phi) is 4.85. The van der Waals surface area contributed by atoms with E-state index in [-0.39, 0.29) is 5.91 Å². The first-order valence-corrected chi connectivity index (χ1v) is 7.81. The third-order valence-corrected chi connectivity index (χ3v) is 3.86. The summed E-state index contributed by atoms with van der Waals surface area (Å²) in [4.78, 5) is 18.3. The Hall–Kier alpha value is -2.14. The second-order valence-electron chi connectivity index (χ2n) is 5.47. The molecule has 5 heteroatoms. The van der Waals surface area contributed by atoms with E-state index >= 15 is 0 Å². The van der Waals surface area contributed by atoms with Gasteiger partial charge in [-0.25, -0.2) is 4.98 Å². The van der Waals surface area contributed by atoms with Gasteiger partial charge in [-0.1, -0.05) is 30.3 Å². The van der Waals surface area contributed by atoms with E-state index in [0.29, 0.717) is 18.7 Å². The number of hydrogen-bond acceptors (Lipinski definition) is 4. The quantitative estimate of drug-likeness (QED) is 0.918. The molecule has 0 spiro atoms. The SMILES string of the molecule is O=C(CCCc1ncc(-c2ccccc2)o1)N1CCNCC1. The maximum Gasteiger partial charge on any atom is 0.222 e. The molecule has 5 nitrogen and oxygen atoms in total. The van der Waals surface area contributed by atoms with E-state index in [1.165, 1.54) is 0 Å². The summed E-state index contributed by atoms with van der Waals surface area (Å²) >= 11 is 0. The predicted molar refractivity (Wildman–Crippen MR) is 84.3 cm³/mol. The molecule has 2 aromatic rings. The molecule has 22 heavy (non-hydrogen) atoms. The maximum atomic E-state index is 12.1. The fourth-order valence-electron chi connectivity index (χ4n) is 2.62. The van der Waals surface area contributed by atoms with Crippen molar-refractivity contribution in [3.05, 3.63) is 42.4 Å². The third kappa shape index (κ3) is 3.74. The first kappa shape index (κ1) is 14.8. The molecule has 1 aliphatic heterocycles. The normalized spacial score (nSPS) is 15.0. The van der Waals surface area contributed by atoms with Crippen molar-refractivity contribution in [2.24, 2.45) is 0 Å². The number of aryl methyl sites for hydroxylation is 1. The Balaban J connectivity index is 1.48. The lowest BCUT2D eigenvalue weighted by Gasteiger charge is -2.27. The number of amides is 1. The van der Waals surface area contributed by atoms with Crippen molar-refractivity contribution in [3.8, 4) is 11.3 Å². The molecule has 0 aliphatic carbocycles. The molecule has 1 aromatic carbocycles. The average Bonchev–Trinajstić information content (AvgIpc) is 3.05. The Bertz CT molecular complexity index is 603. The molecule has 1 amide bonds. The van der Waals surface area contributed by atoms with Gasteiger partial charge in [0, 0.05) is 44.6 Å². The van der Waals surface area contributed by atoms with Crippen molar-refractivity contribution in [2.75, 3.05) is 26.2 Å². The van der Waals surface area contributed by atoms with Gasteiger partial charge < -0.3 is 14.6 Å². The van der Waals surface area contributed by atoms with Crippen molar-refractivity contribution in [2.45, 2.75) is 19.3 Å². The summed E-state index contributed by atoms with van der Waals surface area (Å²) in [5.41, 5.74) is 1.03. The van der Waals surface area contributed by atoms with Crippen LogP contribution in [0.15, 0.2) is 40.9 Å². The van der Waals surface area contributed by atoms with Gasteiger partial charge >= 0.3 is 0 Å². The average molecular weight is 299 g/mol. The molecule has 3 rings (SSSR count). The van der Waals surface area contributed by atoms with Crippen LogP contribution in [0, 0.1) is 0 Å². The summed E-state index contributed by atoms with van der Waals surface area (Å²) in [5, 5.41) is 3.25. The molecule has 2 heterocycles. The molecule has 1 aromatic heterocycles. The predicted octanol–water partition coefficient (Wildman–Crippen LogP) is 2.10. The fourth-order valence-corrected chi connectivity index (χ4v) is 2.62. The van der Waals surface area contributed by atoms with Gasteiger partial charge in [-0.2, -0.15) is 0 Å². The number of carbonyl (C=O) groups excluding carboxylic acids is 1. The van der Waals surface area contributed by atoms with Crippen LogP contribution >= 0.6 is 0 Å². The fraction of sp³-hybridized carbons (Fsp3) is 0.412. The summed E-state index contributed by atoms with van der Waals surface area (Å²) in [5.74, 6) is 1.72. The van der Waals surface area contributed by atoms with Crippen LogP contribution in [0.4, 0.5) is 0 Å². The van der Waals surface area contributed by atoms with Gasteiger partial charge in [0.1, 0.15) is 0 Å². The highest BCUT2D eigenvalue weighted by atomic mass is 16.4. The molecular formula is C17H21N3O2. The number of piperazine rings is 1. The maximum absolute atomic E-state index is 12.1. The second-order valence-corrected chi connectivity index (χ2v) is 5.47. The number of oxazole rings is 1. The monoisotopic (exact) mass is 299 g/mol. The smallest absolute Gasteiger partial charge is 0.222 e. The minimum absolute atomic E-state index is 0.233. The van der Waals surface area contributed by atoms with E-state index in [9.17, 15) is 4.79 Å². The Morgan fingerprint density at radius 2 is 2.00 bits per heavy atom. The van der Waals surface area contributed by atoms with Gasteiger partial charge in [-0.3, -0.25) is 4.79 Å². The van der Waals surface area contributed by atoms with E-state index in [2.05, 4.69) is 10.3 Å². The lowest BCUT2D eigenvalue weighted by molar-refractivity contribution is -0.131. The largest absolute Gasteiger partial charge is 0.441 e. The number of aromatic nitrogens is 1. The Morgan fingerprint density at radius 1 is 1.23 bits per heavy atom. The van der Waals surface area contributed by atoms with Crippen molar-refractivity contribution < 1.29 is 9.21 Å². The lowest BCUT2D eigenvalue weighted by Crippen LogP contribution is -2.46. The van der Waals surface area contributed by atoms with Crippen molar-refractivity contribution in [1.82, 2.24) is 15.2 Å². The zero-order chi connectivity index (χ0) is 15.2. The standard InChI is InChI=1S/C17H21N3O2/c21-17(20-11-9-18-10-12-20)8-4-7-16-19-13-15(22-16)14-5-2-1-3-6-14/h1-3,5-6,13,18H,4,7-12H2. The van der Waals surface area contributed by atoms with Crippen LogP contribution in [0.5, 0.6) is 0 Å². The van der Waals surface area contributed by atoms with Crippen molar-refractivity contribution in [3.63, 3.8) is 0 Å². The van der Waals surface area contributed by atoms with Crippen LogP contribution in [-0.4, -0.2) is 42.0 Å². The van der Waals surface area contributed by atoms with Crippen molar-refractivity contribution >= 4 is 5.91 Å². The Morgan fingerprint density at radius 3 is 2.77 bits per heavy atom. The summed E-state index contributed by atoms with van der Waals surface area (Å²) in [6, 6.07) is 9.92. The summed E-state index contributed by atoms with van der Waals surface area (Å²) < 4.78 is 5.75. The van der Waals surface area contributed by atoms with E-state index < -0.39 is 0 Å². The molecule has 0 radical (unpaired) electrons. The molecule has 1 saturated heterocycles. The van der Waals surface area contributed by atoms with Gasteiger partial charge in [0.25, 0.3) is 0 Å². The molecule has 116 valence electrons. The van der Waals surface area contributed by atoms with E-state index in [1.54, 1.807) is 6.20 Å². The highest BCUT2D eigenvalue weighted by molar-refractivity contribution is 5.76. The molecular weight excluding hydrogens is 278 g/mol. The summed E-state index contributed by atoms with van der Waals surface area (Å²) in [6.07, 6.45) is 3.79. The van der Waals surface area contributed by atoms with Crippen molar-refractivity contribution in [1.29, 1.82) is 0 Å². The summed E-state index contributed by atoms with van der Waals surface area (Å²) in [7, 11) is 0. The van der Waals surface area contributed by atoms with Crippen LogP contribution in [0.1, 0.15) is 18.7 Å². The highest BCUT2D eigenvalue weighted by Gasteiger charge is 2.16. The zero-order valence-electron chi connectivity index (χ0n) is 12.6. The number of nitrogens with zero attached hydrogens (tertiary/aromatic N) is 2. The number of rotatable bonds is 5. The van der Waals surface area contributed by atoms with Crippen LogP contribution in [-0.2, 0) is 11.2 Å². The third-order valence-electron chi connectivity index (χ3n) is 3.86. The van der Waals surface area contributed by atoms with E-state index in [1.807, 2.05) is 35.2 Å². The summed E-state index contributed by atoms with van der Waals surface area (Å²) in [6.45, 7) is 3.42. The van der Waals surface area contributed by atoms with E-state index in [0.717, 1.165) is 43.9 Å². The topological polar surface area (TPSA) is 58.4 Å². The number of carbonyl (C=O) groups is 1. The molecule has 0 atom stereocenters. The van der Waals surface area contributed by atoms with Gasteiger partial charge in [-0.05, 0) is 6.42 Å². The van der Waals surface area contributed by atoms with Crippen LogP contribution in [0.25, 0.3) is 11.3 Å². The second kappa shape index (κ2) is 7.22. The number of benzene rings is 1. The minimum Gasteiger partial charge on any atom is -0.441 e. The van der Waals surface area contributed by atoms with Gasteiger partial charge in [0.15, 0.2) is 11.7 Å². The first-order valence-electron chi connectivity index (χ1n) is 7.81. The number of nitrogens with one attached hydrogen (secondary N) is 1. The molecule has 0 unspecified atom stereocenters.